The highest BCUT2D eigenvalue weighted by Gasteiger charge is 2.37. The lowest BCUT2D eigenvalue weighted by molar-refractivity contribution is 0.659. The maximum Gasteiger partial charge on any atom is 0.160 e. The van der Waals surface area contributed by atoms with Crippen molar-refractivity contribution in [2.24, 2.45) is 9.98 Å². The number of para-hydroxylation sites is 1. The summed E-state index contributed by atoms with van der Waals surface area (Å²) in [4.78, 5) is 10.5. The van der Waals surface area contributed by atoms with E-state index >= 15 is 0 Å². The lowest BCUT2D eigenvalue weighted by atomic mass is 9.80. The Bertz CT molecular complexity index is 3490. The predicted octanol–water partition coefficient (Wildman–Crippen LogP) is 14.8. The number of nitrogens with zero attached hydrogens (tertiary/aromatic N) is 2. The average molecular weight is 799 g/mol. The molecule has 12 rings (SSSR count). The fraction of sp³-hybridized carbons (Fsp3) is 0.103. The topological polar surface area (TPSA) is 51.0 Å². The van der Waals surface area contributed by atoms with E-state index in [1.54, 1.807) is 0 Å². The monoisotopic (exact) mass is 798 g/mol. The maximum absolute atomic E-state index is 6.68. The number of allylic oxidation sites excluding steroid dienone is 1. The summed E-state index contributed by atoms with van der Waals surface area (Å²) in [7, 11) is 0. The van der Waals surface area contributed by atoms with Crippen LogP contribution in [0.25, 0.3) is 60.7 Å². The first-order valence-corrected chi connectivity index (χ1v) is 21.5. The van der Waals surface area contributed by atoms with Crippen LogP contribution in [0.5, 0.6) is 0 Å². The van der Waals surface area contributed by atoms with Crippen molar-refractivity contribution in [1.29, 1.82) is 0 Å². The van der Waals surface area contributed by atoms with Gasteiger partial charge < -0.3 is 8.83 Å². The maximum atomic E-state index is 6.68. The van der Waals surface area contributed by atoms with Crippen molar-refractivity contribution < 1.29 is 8.83 Å². The minimum absolute atomic E-state index is 0.0265. The number of fused-ring (bicyclic) bond motifs is 9. The van der Waals surface area contributed by atoms with Crippen LogP contribution in [0.2, 0.25) is 0 Å². The second-order valence-corrected chi connectivity index (χ2v) is 17.2. The van der Waals surface area contributed by atoms with Gasteiger partial charge in [0, 0.05) is 50.4 Å². The SMILES string of the molecule is CC1(C)c2ccccc2-c2c(CC(c3ccc4oc5ccccc5c4c3)c3ccc4oc5cccc(C6=CCC(c7ccccc7)=NC(c7ccccc7)=N6)c5c4c3)cccc21. The summed E-state index contributed by atoms with van der Waals surface area (Å²) < 4.78 is 13.0. The number of hydrogen-bond acceptors (Lipinski definition) is 4. The van der Waals surface area contributed by atoms with Gasteiger partial charge in [0.2, 0.25) is 0 Å². The molecular formula is C58H42N2O2. The Kier molecular flexibility index (Phi) is 8.36. The first-order valence-electron chi connectivity index (χ1n) is 21.5. The molecular weight excluding hydrogens is 757 g/mol. The van der Waals surface area contributed by atoms with Crippen molar-refractivity contribution in [3.8, 4) is 11.1 Å². The van der Waals surface area contributed by atoms with Crippen LogP contribution in [0.3, 0.4) is 0 Å². The lowest BCUT2D eigenvalue weighted by Crippen LogP contribution is -2.15. The Balaban J connectivity index is 1.04. The molecule has 4 heteroatoms. The summed E-state index contributed by atoms with van der Waals surface area (Å²) in [5.74, 6) is 0.722. The van der Waals surface area contributed by atoms with Crippen LogP contribution in [0.4, 0.5) is 0 Å². The van der Waals surface area contributed by atoms with Gasteiger partial charge in [-0.25, -0.2) is 9.98 Å². The van der Waals surface area contributed by atoms with Gasteiger partial charge in [-0.15, -0.1) is 0 Å². The average Bonchev–Trinajstić information content (AvgIpc) is 3.89. The molecule has 3 heterocycles. The molecule has 1 atom stereocenters. The first kappa shape index (κ1) is 36.3. The summed E-state index contributed by atoms with van der Waals surface area (Å²) in [6.45, 7) is 4.72. The number of hydrogen-bond donors (Lipinski definition) is 0. The molecule has 0 saturated carbocycles. The third kappa shape index (κ3) is 5.89. The van der Waals surface area contributed by atoms with Gasteiger partial charge in [-0.2, -0.15) is 0 Å². The Hall–Kier alpha value is -7.56. The molecule has 62 heavy (non-hydrogen) atoms. The largest absolute Gasteiger partial charge is 0.456 e. The van der Waals surface area contributed by atoms with Crippen molar-refractivity contribution in [1.82, 2.24) is 0 Å². The fourth-order valence-corrected chi connectivity index (χ4v) is 10.1. The molecule has 8 aromatic carbocycles. The van der Waals surface area contributed by atoms with Gasteiger partial charge >= 0.3 is 0 Å². The van der Waals surface area contributed by atoms with Gasteiger partial charge in [-0.3, -0.25) is 0 Å². The molecule has 0 fully saturated rings. The number of rotatable bonds is 7. The third-order valence-electron chi connectivity index (χ3n) is 13.2. The Labute approximate surface area is 360 Å². The lowest BCUT2D eigenvalue weighted by Gasteiger charge is -2.23. The van der Waals surface area contributed by atoms with E-state index in [-0.39, 0.29) is 11.3 Å². The molecule has 4 nitrogen and oxygen atoms in total. The molecule has 10 aromatic rings. The zero-order valence-corrected chi connectivity index (χ0v) is 34.6. The summed E-state index contributed by atoms with van der Waals surface area (Å²) in [5.41, 5.74) is 17.7. The van der Waals surface area contributed by atoms with E-state index in [0.717, 1.165) is 78.4 Å². The van der Waals surface area contributed by atoms with Crippen LogP contribution in [-0.4, -0.2) is 11.5 Å². The standard InChI is InChI=1S/C58H42N2O2/c1-58(2)47-23-11-9-21-42(47)55-40(19-13-24-48(55)58)35-44(38-27-31-52-45(33-38)41-20-10-12-25-51(41)61-52)39-28-32-53-46(34-39)56-43(22-14-26-54(56)62-53)50-30-29-49(36-15-5-3-6-16-36)59-57(60-50)37-17-7-4-8-18-37/h3-28,30-34,44H,29,35H2,1-2H3. The van der Waals surface area contributed by atoms with Gasteiger partial charge in [-0.05, 0) is 87.3 Å². The molecule has 0 N–H and O–H groups in total. The molecule has 0 saturated heterocycles. The van der Waals surface area contributed by atoms with E-state index in [1.807, 2.05) is 30.3 Å². The molecule has 0 amide bonds. The Morgan fingerprint density at radius 1 is 0.516 bits per heavy atom. The summed E-state index contributed by atoms with van der Waals surface area (Å²) in [5, 5.41) is 4.39. The molecule has 2 aliphatic rings. The van der Waals surface area contributed by atoms with E-state index in [9.17, 15) is 0 Å². The minimum atomic E-state index is -0.0838. The number of furan rings is 2. The second kappa shape index (κ2) is 14.3. The van der Waals surface area contributed by atoms with Crippen LogP contribution in [0.1, 0.15) is 70.7 Å². The molecule has 0 bridgehead atoms. The summed E-state index contributed by atoms with van der Waals surface area (Å²) in [6.07, 6.45) is 3.69. The van der Waals surface area contributed by atoms with E-state index in [4.69, 9.17) is 18.8 Å². The van der Waals surface area contributed by atoms with Crippen LogP contribution in [-0.2, 0) is 11.8 Å². The summed E-state index contributed by atoms with van der Waals surface area (Å²) >= 11 is 0. The Morgan fingerprint density at radius 2 is 1.13 bits per heavy atom. The quantitative estimate of drug-likeness (QED) is 0.161. The highest BCUT2D eigenvalue weighted by Crippen LogP contribution is 2.51. The summed E-state index contributed by atoms with van der Waals surface area (Å²) in [6, 6.07) is 64.8. The minimum Gasteiger partial charge on any atom is -0.456 e. The molecule has 1 aliphatic carbocycles. The van der Waals surface area contributed by atoms with Crippen molar-refractivity contribution in [2.45, 2.75) is 38.0 Å². The van der Waals surface area contributed by atoms with Crippen molar-refractivity contribution in [3.05, 3.63) is 233 Å². The molecule has 1 aliphatic heterocycles. The van der Waals surface area contributed by atoms with Gasteiger partial charge in [0.1, 0.15) is 22.3 Å². The Morgan fingerprint density at radius 3 is 1.95 bits per heavy atom. The zero-order valence-electron chi connectivity index (χ0n) is 34.6. The number of aliphatic imine (C=N–C) groups is 2. The van der Waals surface area contributed by atoms with Crippen LogP contribution >= 0.6 is 0 Å². The smallest absolute Gasteiger partial charge is 0.160 e. The predicted molar refractivity (Wildman–Crippen MR) is 256 cm³/mol. The normalized spacial score (nSPS) is 15.0. The molecule has 0 radical (unpaired) electrons. The molecule has 2 aromatic heterocycles. The van der Waals surface area contributed by atoms with Crippen LogP contribution in [0, 0.1) is 0 Å². The van der Waals surface area contributed by atoms with Crippen molar-refractivity contribution in [2.75, 3.05) is 0 Å². The molecule has 296 valence electrons. The highest BCUT2D eigenvalue weighted by molar-refractivity contribution is 6.17. The first-order chi connectivity index (χ1) is 30.5. The van der Waals surface area contributed by atoms with Crippen molar-refractivity contribution >= 4 is 61.1 Å². The van der Waals surface area contributed by atoms with E-state index in [0.29, 0.717) is 12.3 Å². The second-order valence-electron chi connectivity index (χ2n) is 17.2. The molecule has 0 spiro atoms. The number of amidine groups is 1. The highest BCUT2D eigenvalue weighted by atomic mass is 16.3. The van der Waals surface area contributed by atoms with Gasteiger partial charge in [0.25, 0.3) is 0 Å². The van der Waals surface area contributed by atoms with E-state index in [2.05, 4.69) is 172 Å². The van der Waals surface area contributed by atoms with Crippen molar-refractivity contribution in [3.63, 3.8) is 0 Å². The van der Waals surface area contributed by atoms with Gasteiger partial charge in [0.05, 0.1) is 11.4 Å². The van der Waals surface area contributed by atoms with Gasteiger partial charge in [0.15, 0.2) is 5.84 Å². The zero-order chi connectivity index (χ0) is 41.4. The van der Waals surface area contributed by atoms with E-state index < -0.39 is 0 Å². The van der Waals surface area contributed by atoms with E-state index in [1.165, 1.54) is 38.9 Å². The number of benzene rings is 8. The van der Waals surface area contributed by atoms with Gasteiger partial charge in [-0.1, -0.05) is 166 Å². The van der Waals surface area contributed by atoms with Crippen LogP contribution in [0.15, 0.2) is 207 Å². The third-order valence-corrected chi connectivity index (χ3v) is 13.2. The fourth-order valence-electron chi connectivity index (χ4n) is 10.1. The molecule has 1 unspecified atom stereocenters. The van der Waals surface area contributed by atoms with Crippen LogP contribution < -0.4 is 0 Å².